The van der Waals surface area contributed by atoms with Crippen LogP contribution >= 0.6 is 15.9 Å². The molecule has 2 atom stereocenters. The Kier molecular flexibility index (Phi) is 2.92. The number of likely N-dealkylation sites (tertiary alicyclic amines) is 1. The normalized spacial score (nSPS) is 28.2. The predicted octanol–water partition coefficient (Wildman–Crippen LogP) is 1.26. The molecule has 0 spiro atoms. The van der Waals surface area contributed by atoms with Gasteiger partial charge in [0.25, 0.3) is 5.91 Å². The van der Waals surface area contributed by atoms with Crippen LogP contribution in [0.25, 0.3) is 0 Å². The first-order valence-corrected chi connectivity index (χ1v) is 6.68. The standard InChI is InChI=1S/C11H14BrN3O2/c12-10-4-9(17-14-10)11(16)15-5-7-2-1-3-13-8(7)6-15/h4,7-8,13H,1-3,5-6H2. The summed E-state index contributed by atoms with van der Waals surface area (Å²) < 4.78 is 5.55. The summed E-state index contributed by atoms with van der Waals surface area (Å²) >= 11 is 3.18. The third-order valence-electron chi connectivity index (χ3n) is 3.58. The molecule has 1 N–H and O–H groups in total. The molecule has 2 saturated heterocycles. The highest BCUT2D eigenvalue weighted by Crippen LogP contribution is 2.26. The van der Waals surface area contributed by atoms with E-state index in [1.54, 1.807) is 6.07 Å². The molecule has 2 fully saturated rings. The van der Waals surface area contributed by atoms with E-state index in [1.807, 2.05) is 4.90 Å². The summed E-state index contributed by atoms with van der Waals surface area (Å²) in [6.45, 7) is 2.67. The summed E-state index contributed by atoms with van der Waals surface area (Å²) in [5.41, 5.74) is 0. The van der Waals surface area contributed by atoms with Crippen LogP contribution in [0.15, 0.2) is 15.2 Å². The zero-order valence-electron chi connectivity index (χ0n) is 9.36. The van der Waals surface area contributed by atoms with Crippen LogP contribution in [0.5, 0.6) is 0 Å². The smallest absolute Gasteiger partial charge is 0.292 e. The number of rotatable bonds is 1. The van der Waals surface area contributed by atoms with E-state index in [0.717, 1.165) is 19.6 Å². The molecule has 1 aromatic heterocycles. The van der Waals surface area contributed by atoms with E-state index in [0.29, 0.717) is 22.3 Å². The van der Waals surface area contributed by atoms with Crippen LogP contribution < -0.4 is 5.32 Å². The molecule has 2 unspecified atom stereocenters. The summed E-state index contributed by atoms with van der Waals surface area (Å²) in [5.74, 6) is 0.856. The highest BCUT2D eigenvalue weighted by molar-refractivity contribution is 9.10. The minimum Gasteiger partial charge on any atom is -0.350 e. The highest BCUT2D eigenvalue weighted by atomic mass is 79.9. The molecular formula is C11H14BrN3O2. The number of aromatic nitrogens is 1. The van der Waals surface area contributed by atoms with Crippen molar-refractivity contribution in [3.8, 4) is 0 Å². The second-order valence-electron chi connectivity index (χ2n) is 4.69. The Balaban J connectivity index is 1.71. The van der Waals surface area contributed by atoms with Gasteiger partial charge in [0.05, 0.1) is 0 Å². The van der Waals surface area contributed by atoms with Crippen LogP contribution in [0.4, 0.5) is 0 Å². The van der Waals surface area contributed by atoms with Crippen molar-refractivity contribution in [3.05, 3.63) is 16.4 Å². The third kappa shape index (κ3) is 2.11. The Morgan fingerprint density at radius 2 is 2.47 bits per heavy atom. The minimum absolute atomic E-state index is 0.0561. The highest BCUT2D eigenvalue weighted by Gasteiger charge is 2.37. The molecule has 6 heteroatoms. The van der Waals surface area contributed by atoms with Gasteiger partial charge < -0.3 is 14.7 Å². The fraction of sp³-hybridized carbons (Fsp3) is 0.636. The second-order valence-corrected chi connectivity index (χ2v) is 5.50. The summed E-state index contributed by atoms with van der Waals surface area (Å²) in [6, 6.07) is 2.08. The Bertz CT molecular complexity index is 420. The lowest BCUT2D eigenvalue weighted by Crippen LogP contribution is -2.41. The lowest BCUT2D eigenvalue weighted by Gasteiger charge is -2.24. The van der Waals surface area contributed by atoms with Gasteiger partial charge in [-0.05, 0) is 41.2 Å². The van der Waals surface area contributed by atoms with E-state index < -0.39 is 0 Å². The lowest BCUT2D eigenvalue weighted by molar-refractivity contribution is 0.0744. The number of hydrogen-bond donors (Lipinski definition) is 1. The molecule has 0 aromatic carbocycles. The van der Waals surface area contributed by atoms with Crippen LogP contribution in [-0.4, -0.2) is 41.6 Å². The molecule has 0 aliphatic carbocycles. The van der Waals surface area contributed by atoms with E-state index in [1.165, 1.54) is 12.8 Å². The largest absolute Gasteiger partial charge is 0.350 e. The van der Waals surface area contributed by atoms with Gasteiger partial charge in [-0.25, -0.2) is 0 Å². The van der Waals surface area contributed by atoms with Crippen LogP contribution in [-0.2, 0) is 0 Å². The molecule has 3 heterocycles. The predicted molar refractivity (Wildman–Crippen MR) is 64.6 cm³/mol. The summed E-state index contributed by atoms with van der Waals surface area (Å²) in [4.78, 5) is 14.0. The first-order valence-electron chi connectivity index (χ1n) is 5.89. The van der Waals surface area contributed by atoms with Crippen LogP contribution in [0.1, 0.15) is 23.4 Å². The molecule has 2 aliphatic heterocycles. The van der Waals surface area contributed by atoms with Crippen molar-refractivity contribution in [3.63, 3.8) is 0 Å². The fourth-order valence-electron chi connectivity index (χ4n) is 2.72. The van der Waals surface area contributed by atoms with Crippen molar-refractivity contribution in [1.82, 2.24) is 15.4 Å². The van der Waals surface area contributed by atoms with Gasteiger partial charge in [0.2, 0.25) is 5.76 Å². The van der Waals surface area contributed by atoms with Gasteiger partial charge in [0, 0.05) is 25.2 Å². The Labute approximate surface area is 108 Å². The van der Waals surface area contributed by atoms with Crippen molar-refractivity contribution < 1.29 is 9.32 Å². The number of carbonyl (C=O) groups excluding carboxylic acids is 1. The van der Waals surface area contributed by atoms with Gasteiger partial charge >= 0.3 is 0 Å². The molecule has 92 valence electrons. The summed E-state index contributed by atoms with van der Waals surface area (Å²) in [7, 11) is 0. The van der Waals surface area contributed by atoms with Crippen molar-refractivity contribution in [2.24, 2.45) is 5.92 Å². The second kappa shape index (κ2) is 4.42. The van der Waals surface area contributed by atoms with Crippen LogP contribution in [0.3, 0.4) is 0 Å². The average Bonchev–Trinajstić information content (AvgIpc) is 2.93. The molecule has 0 saturated carbocycles. The molecule has 1 amide bonds. The van der Waals surface area contributed by atoms with E-state index in [-0.39, 0.29) is 5.91 Å². The lowest BCUT2D eigenvalue weighted by atomic mass is 9.94. The zero-order valence-corrected chi connectivity index (χ0v) is 10.9. The number of piperidine rings is 1. The number of hydrogen-bond acceptors (Lipinski definition) is 4. The van der Waals surface area contributed by atoms with E-state index >= 15 is 0 Å². The molecule has 17 heavy (non-hydrogen) atoms. The van der Waals surface area contributed by atoms with Crippen molar-refractivity contribution in [1.29, 1.82) is 0 Å². The molecule has 5 nitrogen and oxygen atoms in total. The zero-order chi connectivity index (χ0) is 11.8. The summed E-state index contributed by atoms with van der Waals surface area (Å²) in [5, 5.41) is 7.15. The van der Waals surface area contributed by atoms with Crippen molar-refractivity contribution >= 4 is 21.8 Å². The minimum atomic E-state index is -0.0561. The molecule has 1 aromatic rings. The maximum Gasteiger partial charge on any atom is 0.292 e. The van der Waals surface area contributed by atoms with Gasteiger partial charge in [0.1, 0.15) is 4.60 Å². The Morgan fingerprint density at radius 1 is 1.59 bits per heavy atom. The first kappa shape index (κ1) is 11.2. The fourth-order valence-corrected chi connectivity index (χ4v) is 3.00. The molecular weight excluding hydrogens is 286 g/mol. The molecule has 3 rings (SSSR count). The molecule has 0 bridgehead atoms. The topological polar surface area (TPSA) is 58.4 Å². The van der Waals surface area contributed by atoms with E-state index in [9.17, 15) is 4.79 Å². The van der Waals surface area contributed by atoms with Crippen molar-refractivity contribution in [2.75, 3.05) is 19.6 Å². The number of carbonyl (C=O) groups is 1. The SMILES string of the molecule is O=C(c1cc(Br)no1)N1CC2CCCNC2C1. The number of halogens is 1. The monoisotopic (exact) mass is 299 g/mol. The van der Waals surface area contributed by atoms with Gasteiger partial charge in [0.15, 0.2) is 0 Å². The molecule has 0 radical (unpaired) electrons. The van der Waals surface area contributed by atoms with E-state index in [2.05, 4.69) is 26.4 Å². The number of nitrogens with zero attached hydrogens (tertiary/aromatic N) is 2. The average molecular weight is 300 g/mol. The molecule has 2 aliphatic rings. The Morgan fingerprint density at radius 3 is 3.18 bits per heavy atom. The van der Waals surface area contributed by atoms with Gasteiger partial charge in [-0.3, -0.25) is 4.79 Å². The van der Waals surface area contributed by atoms with Crippen LogP contribution in [0, 0.1) is 5.92 Å². The Hall–Kier alpha value is -0.880. The van der Waals surface area contributed by atoms with Gasteiger partial charge in [-0.15, -0.1) is 0 Å². The maximum absolute atomic E-state index is 12.1. The first-order chi connectivity index (χ1) is 8.24. The number of fused-ring (bicyclic) bond motifs is 1. The van der Waals surface area contributed by atoms with Crippen LogP contribution in [0.2, 0.25) is 0 Å². The third-order valence-corrected chi connectivity index (χ3v) is 3.95. The quantitative estimate of drug-likeness (QED) is 0.848. The van der Waals surface area contributed by atoms with E-state index in [4.69, 9.17) is 4.52 Å². The van der Waals surface area contributed by atoms with Crippen molar-refractivity contribution in [2.45, 2.75) is 18.9 Å². The number of amides is 1. The van der Waals surface area contributed by atoms with Gasteiger partial charge in [-0.2, -0.15) is 0 Å². The van der Waals surface area contributed by atoms with Gasteiger partial charge in [-0.1, -0.05) is 5.16 Å². The summed E-state index contributed by atoms with van der Waals surface area (Å²) in [6.07, 6.45) is 2.42. The number of nitrogens with one attached hydrogen (secondary N) is 1. The maximum atomic E-state index is 12.1.